The number of nitrogens with two attached hydrogens (primary N) is 1. The molecule has 0 spiro atoms. The standard InChI is InChI=1S/C16H22N2O3/c1-9(2)8-18-13(19)6-10(3)14-12(20-4)7-11(17)16(21-5)15(14)18/h6-7,9H,8,17H2,1-5H3. The Morgan fingerprint density at radius 2 is 1.90 bits per heavy atom. The van der Waals surface area contributed by atoms with E-state index in [0.717, 1.165) is 10.9 Å². The molecule has 2 rings (SSSR count). The Balaban J connectivity index is 3.02. The van der Waals surface area contributed by atoms with Gasteiger partial charge in [0.05, 0.1) is 25.4 Å². The van der Waals surface area contributed by atoms with Crippen molar-refractivity contribution in [2.75, 3.05) is 20.0 Å². The third-order valence-electron chi connectivity index (χ3n) is 3.49. The summed E-state index contributed by atoms with van der Waals surface area (Å²) in [7, 11) is 3.15. The van der Waals surface area contributed by atoms with Crippen molar-refractivity contribution in [2.45, 2.75) is 27.3 Å². The first-order chi connectivity index (χ1) is 9.90. The molecule has 21 heavy (non-hydrogen) atoms. The molecular weight excluding hydrogens is 268 g/mol. The summed E-state index contributed by atoms with van der Waals surface area (Å²) in [5.41, 5.74) is 8.01. The van der Waals surface area contributed by atoms with E-state index in [9.17, 15) is 4.79 Å². The van der Waals surface area contributed by atoms with Gasteiger partial charge in [-0.3, -0.25) is 4.79 Å². The Bertz CT molecular complexity index is 733. The third-order valence-corrected chi connectivity index (χ3v) is 3.49. The number of nitrogen functional groups attached to an aromatic ring is 1. The average Bonchev–Trinajstić information content (AvgIpc) is 2.41. The lowest BCUT2D eigenvalue weighted by molar-refractivity contribution is 0.408. The number of hydrogen-bond donors (Lipinski definition) is 1. The number of ether oxygens (including phenoxy) is 2. The molecule has 0 radical (unpaired) electrons. The zero-order valence-electron chi connectivity index (χ0n) is 13.2. The molecule has 0 atom stereocenters. The van der Waals surface area contributed by atoms with E-state index in [2.05, 4.69) is 13.8 Å². The molecule has 5 heteroatoms. The van der Waals surface area contributed by atoms with Crippen molar-refractivity contribution in [3.63, 3.8) is 0 Å². The molecule has 5 nitrogen and oxygen atoms in total. The van der Waals surface area contributed by atoms with Crippen LogP contribution >= 0.6 is 0 Å². The molecule has 0 fully saturated rings. The summed E-state index contributed by atoms with van der Waals surface area (Å²) in [6.07, 6.45) is 0. The van der Waals surface area contributed by atoms with Crippen molar-refractivity contribution in [1.82, 2.24) is 4.57 Å². The van der Waals surface area contributed by atoms with Crippen LogP contribution in [-0.2, 0) is 6.54 Å². The Morgan fingerprint density at radius 3 is 2.43 bits per heavy atom. The van der Waals surface area contributed by atoms with Gasteiger partial charge in [0.25, 0.3) is 5.56 Å². The van der Waals surface area contributed by atoms with E-state index < -0.39 is 0 Å². The molecule has 1 aromatic carbocycles. The molecule has 0 saturated heterocycles. The predicted molar refractivity (Wildman–Crippen MR) is 85.3 cm³/mol. The average molecular weight is 290 g/mol. The lowest BCUT2D eigenvalue weighted by atomic mass is 10.1. The van der Waals surface area contributed by atoms with Crippen LogP contribution in [-0.4, -0.2) is 18.8 Å². The molecule has 0 amide bonds. The highest BCUT2D eigenvalue weighted by atomic mass is 16.5. The largest absolute Gasteiger partial charge is 0.496 e. The molecule has 0 saturated carbocycles. The summed E-state index contributed by atoms with van der Waals surface area (Å²) in [6.45, 7) is 6.61. The number of hydrogen-bond acceptors (Lipinski definition) is 4. The fourth-order valence-corrected chi connectivity index (χ4v) is 2.65. The predicted octanol–water partition coefficient (Wildman–Crippen LogP) is 2.57. The third kappa shape index (κ3) is 2.55. The van der Waals surface area contributed by atoms with Gasteiger partial charge in [-0.2, -0.15) is 0 Å². The lowest BCUT2D eigenvalue weighted by Gasteiger charge is -2.19. The van der Waals surface area contributed by atoms with Gasteiger partial charge in [-0.15, -0.1) is 0 Å². The lowest BCUT2D eigenvalue weighted by Crippen LogP contribution is -2.23. The number of anilines is 1. The normalized spacial score (nSPS) is 11.1. The maximum atomic E-state index is 12.4. The highest BCUT2D eigenvalue weighted by Crippen LogP contribution is 2.39. The van der Waals surface area contributed by atoms with E-state index >= 15 is 0 Å². The minimum atomic E-state index is -0.0559. The molecule has 1 aromatic heterocycles. The van der Waals surface area contributed by atoms with E-state index in [1.807, 2.05) is 6.92 Å². The second-order valence-electron chi connectivity index (χ2n) is 5.59. The quantitative estimate of drug-likeness (QED) is 0.879. The maximum absolute atomic E-state index is 12.4. The van der Waals surface area contributed by atoms with Gasteiger partial charge in [0.2, 0.25) is 0 Å². The van der Waals surface area contributed by atoms with Crippen molar-refractivity contribution in [3.05, 3.63) is 28.0 Å². The van der Waals surface area contributed by atoms with Gasteiger partial charge in [-0.05, 0) is 18.4 Å². The number of methoxy groups -OCH3 is 2. The van der Waals surface area contributed by atoms with Crippen LogP contribution in [0.25, 0.3) is 10.9 Å². The van der Waals surface area contributed by atoms with Crippen molar-refractivity contribution in [1.29, 1.82) is 0 Å². The van der Waals surface area contributed by atoms with Gasteiger partial charge < -0.3 is 19.8 Å². The monoisotopic (exact) mass is 290 g/mol. The fraction of sp³-hybridized carbons (Fsp3) is 0.438. The first-order valence-corrected chi connectivity index (χ1v) is 6.95. The van der Waals surface area contributed by atoms with E-state index in [4.69, 9.17) is 15.2 Å². The molecule has 1 heterocycles. The first kappa shape index (κ1) is 15.2. The second-order valence-corrected chi connectivity index (χ2v) is 5.59. The van der Waals surface area contributed by atoms with Crippen LogP contribution in [0.4, 0.5) is 5.69 Å². The molecule has 2 N–H and O–H groups in total. The van der Waals surface area contributed by atoms with E-state index in [-0.39, 0.29) is 5.56 Å². The van der Waals surface area contributed by atoms with Crippen LogP contribution in [0.15, 0.2) is 16.9 Å². The van der Waals surface area contributed by atoms with Gasteiger partial charge >= 0.3 is 0 Å². The number of benzene rings is 1. The van der Waals surface area contributed by atoms with Crippen LogP contribution < -0.4 is 20.8 Å². The summed E-state index contributed by atoms with van der Waals surface area (Å²) in [4.78, 5) is 12.4. The summed E-state index contributed by atoms with van der Waals surface area (Å²) in [5.74, 6) is 1.50. The van der Waals surface area contributed by atoms with Gasteiger partial charge in [-0.25, -0.2) is 0 Å². The van der Waals surface area contributed by atoms with E-state index in [1.165, 1.54) is 0 Å². The first-order valence-electron chi connectivity index (χ1n) is 6.95. The zero-order chi connectivity index (χ0) is 15.7. The Morgan fingerprint density at radius 1 is 1.24 bits per heavy atom. The van der Waals surface area contributed by atoms with Gasteiger partial charge in [-0.1, -0.05) is 13.8 Å². The number of rotatable bonds is 4. The summed E-state index contributed by atoms with van der Waals surface area (Å²) < 4.78 is 12.6. The maximum Gasteiger partial charge on any atom is 0.251 e. The minimum Gasteiger partial charge on any atom is -0.496 e. The molecular formula is C16H22N2O3. The Hall–Kier alpha value is -2.17. The highest BCUT2D eigenvalue weighted by molar-refractivity contribution is 5.97. The number of aryl methyl sites for hydroxylation is 1. The number of aromatic nitrogens is 1. The number of nitrogens with zero attached hydrogens (tertiary/aromatic N) is 1. The molecule has 2 aromatic rings. The smallest absolute Gasteiger partial charge is 0.251 e. The SMILES string of the molecule is COc1cc(N)c(OC)c2c1c(C)cc(=O)n2CC(C)C. The second kappa shape index (κ2) is 5.68. The van der Waals surface area contributed by atoms with Crippen molar-refractivity contribution >= 4 is 16.6 Å². The van der Waals surface area contributed by atoms with Crippen molar-refractivity contribution in [2.24, 2.45) is 5.92 Å². The van der Waals surface area contributed by atoms with Crippen molar-refractivity contribution in [3.8, 4) is 11.5 Å². The summed E-state index contributed by atoms with van der Waals surface area (Å²) in [5, 5.41) is 0.865. The van der Waals surface area contributed by atoms with Crippen LogP contribution in [0, 0.1) is 12.8 Å². The topological polar surface area (TPSA) is 66.5 Å². The Labute approximate surface area is 124 Å². The molecule has 0 unspecified atom stereocenters. The van der Waals surface area contributed by atoms with E-state index in [1.54, 1.807) is 30.9 Å². The highest BCUT2D eigenvalue weighted by Gasteiger charge is 2.19. The van der Waals surface area contributed by atoms with Crippen LogP contribution in [0.5, 0.6) is 11.5 Å². The summed E-state index contributed by atoms with van der Waals surface area (Å²) >= 11 is 0. The molecule has 0 aliphatic rings. The molecule has 114 valence electrons. The molecule has 0 bridgehead atoms. The number of pyridine rings is 1. The van der Waals surface area contributed by atoms with Crippen LogP contribution in [0.1, 0.15) is 19.4 Å². The zero-order valence-corrected chi connectivity index (χ0v) is 13.2. The van der Waals surface area contributed by atoms with Crippen molar-refractivity contribution < 1.29 is 9.47 Å². The molecule has 0 aliphatic heterocycles. The van der Waals surface area contributed by atoms with Gasteiger partial charge in [0.1, 0.15) is 5.75 Å². The number of fused-ring (bicyclic) bond motifs is 1. The fourth-order valence-electron chi connectivity index (χ4n) is 2.65. The summed E-state index contributed by atoms with van der Waals surface area (Å²) in [6, 6.07) is 3.36. The van der Waals surface area contributed by atoms with Gasteiger partial charge in [0.15, 0.2) is 5.75 Å². The van der Waals surface area contributed by atoms with E-state index in [0.29, 0.717) is 35.2 Å². The minimum absolute atomic E-state index is 0.0559. The van der Waals surface area contributed by atoms with Gasteiger partial charge in [0, 0.05) is 24.1 Å². The van der Waals surface area contributed by atoms with Crippen LogP contribution in [0.2, 0.25) is 0 Å². The molecule has 0 aliphatic carbocycles. The Kier molecular flexibility index (Phi) is 4.11. The van der Waals surface area contributed by atoms with Crippen LogP contribution in [0.3, 0.4) is 0 Å².